The molecule has 1 aliphatic rings. The predicted octanol–water partition coefficient (Wildman–Crippen LogP) is 6.48. The first-order valence-corrected chi connectivity index (χ1v) is 15.9. The second kappa shape index (κ2) is 12.6. The fourth-order valence-corrected chi connectivity index (χ4v) is 6.58. The lowest BCUT2D eigenvalue weighted by molar-refractivity contribution is 0.167. The molecule has 5 aromatic rings. The van der Waals surface area contributed by atoms with Crippen molar-refractivity contribution < 1.29 is 4.74 Å². The van der Waals surface area contributed by atoms with Crippen LogP contribution >= 0.6 is 22.1 Å². The average Bonchev–Trinajstić information content (AvgIpc) is 3.02. The summed E-state index contributed by atoms with van der Waals surface area (Å²) >= 11 is 6.73. The fraction of sp³-hybridized carbons (Fsp3) is 0.250. The molecule has 0 aliphatic carbocycles. The van der Waals surface area contributed by atoms with Crippen molar-refractivity contribution in [2.45, 2.75) is 48.6 Å². The minimum absolute atomic E-state index is 0.168. The number of hydrogen-bond acceptors (Lipinski definition) is 8. The summed E-state index contributed by atoms with van der Waals surface area (Å²) in [7, 11) is -0.491. The van der Waals surface area contributed by atoms with E-state index in [-0.39, 0.29) is 17.7 Å². The maximum Gasteiger partial charge on any atom is 0.261 e. The number of nitrogens with zero attached hydrogens (tertiary/aromatic N) is 5. The largest absolute Gasteiger partial charge is 0.489 e. The molecule has 1 aromatic carbocycles. The number of pyridine rings is 3. The molecule has 2 unspecified atom stereocenters. The molecule has 220 valence electrons. The van der Waals surface area contributed by atoms with Gasteiger partial charge in [0.1, 0.15) is 17.5 Å². The highest BCUT2D eigenvalue weighted by atomic mass is 35.5. The van der Waals surface area contributed by atoms with Crippen molar-refractivity contribution in [3.8, 4) is 17.0 Å². The van der Waals surface area contributed by atoms with E-state index >= 15 is 0 Å². The van der Waals surface area contributed by atoms with Crippen molar-refractivity contribution in [2.24, 2.45) is 0 Å². The minimum atomic E-state index is -0.491. The minimum Gasteiger partial charge on any atom is -0.489 e. The highest BCUT2D eigenvalue weighted by molar-refractivity contribution is 8.14. The molecule has 0 spiro atoms. The standard InChI is InChI=1S/C32H32ClN7O2S/c1-20(2)40-30-21(17-37-32(39-30)38-22-6-8-23(9-7-22)42-24-5-4-12-35-18-24)15-27(31(40)41)29-28(33)16-26(19-36-29)43(3)25-10-13-34-14-11-25/h6-11,13-17,19-20,24,35H,3-5,12,18H2,1-2H3,(H,37,38,39). The van der Waals surface area contributed by atoms with Crippen LogP contribution < -0.4 is 20.9 Å². The van der Waals surface area contributed by atoms with Gasteiger partial charge in [0.15, 0.2) is 0 Å². The number of ether oxygens (including phenoxy) is 1. The molecule has 0 bridgehead atoms. The SMILES string of the molecule is C=S(c1ccncc1)c1cnc(-c2cc3cnc(Nc4ccc(OC5CCCNC5)cc4)nc3n(C(C)C)c2=O)c(Cl)c1. The maximum atomic E-state index is 13.8. The van der Waals surface area contributed by atoms with Crippen molar-refractivity contribution >= 4 is 50.6 Å². The predicted molar refractivity (Wildman–Crippen MR) is 174 cm³/mol. The van der Waals surface area contributed by atoms with Gasteiger partial charge in [0.2, 0.25) is 5.95 Å². The molecule has 0 radical (unpaired) electrons. The summed E-state index contributed by atoms with van der Waals surface area (Å²) in [5, 5.41) is 7.70. The molecule has 6 rings (SSSR count). The van der Waals surface area contributed by atoms with Crippen LogP contribution in [-0.4, -0.2) is 49.6 Å². The van der Waals surface area contributed by atoms with Crippen molar-refractivity contribution in [1.82, 2.24) is 29.8 Å². The molecule has 9 nitrogen and oxygen atoms in total. The van der Waals surface area contributed by atoms with E-state index in [0.29, 0.717) is 33.3 Å². The van der Waals surface area contributed by atoms with Gasteiger partial charge in [-0.05, 0) is 81.8 Å². The molecular weight excluding hydrogens is 582 g/mol. The molecule has 11 heteroatoms. The quantitative estimate of drug-likeness (QED) is 0.192. The van der Waals surface area contributed by atoms with Crippen LogP contribution in [0, 0.1) is 0 Å². The van der Waals surface area contributed by atoms with Crippen LogP contribution in [0.2, 0.25) is 5.02 Å². The summed E-state index contributed by atoms with van der Waals surface area (Å²) in [6, 6.07) is 15.0. The zero-order valence-corrected chi connectivity index (χ0v) is 25.5. The third-order valence-electron chi connectivity index (χ3n) is 7.24. The van der Waals surface area contributed by atoms with Gasteiger partial charge in [0.25, 0.3) is 5.56 Å². The molecule has 43 heavy (non-hydrogen) atoms. The first-order valence-electron chi connectivity index (χ1n) is 14.1. The Bertz CT molecular complexity index is 1840. The zero-order chi connectivity index (χ0) is 29.9. The Labute approximate surface area is 257 Å². The molecule has 2 atom stereocenters. The monoisotopic (exact) mass is 613 g/mol. The highest BCUT2D eigenvalue weighted by Crippen LogP contribution is 2.37. The van der Waals surface area contributed by atoms with Crippen LogP contribution in [0.3, 0.4) is 0 Å². The van der Waals surface area contributed by atoms with Crippen LogP contribution in [0.25, 0.3) is 22.3 Å². The van der Waals surface area contributed by atoms with E-state index in [9.17, 15) is 4.79 Å². The molecule has 1 saturated heterocycles. The van der Waals surface area contributed by atoms with Gasteiger partial charge >= 0.3 is 0 Å². The lowest BCUT2D eigenvalue weighted by Crippen LogP contribution is -2.37. The third-order valence-corrected chi connectivity index (χ3v) is 9.17. The molecule has 4 aromatic heterocycles. The number of halogens is 1. The van der Waals surface area contributed by atoms with Gasteiger partial charge in [-0.25, -0.2) is 4.98 Å². The Balaban J connectivity index is 1.28. The summed E-state index contributed by atoms with van der Waals surface area (Å²) in [4.78, 5) is 33.7. The van der Waals surface area contributed by atoms with Crippen LogP contribution in [0.1, 0.15) is 32.7 Å². The first-order chi connectivity index (χ1) is 20.9. The summed E-state index contributed by atoms with van der Waals surface area (Å²) < 4.78 is 7.74. The number of hydrogen-bond donors (Lipinski definition) is 2. The van der Waals surface area contributed by atoms with Crippen LogP contribution in [0.15, 0.2) is 87.9 Å². The van der Waals surface area contributed by atoms with Crippen LogP contribution in [-0.2, 0) is 0 Å². The first kappa shape index (κ1) is 29.0. The second-order valence-electron chi connectivity index (χ2n) is 10.6. The second-order valence-corrected chi connectivity index (χ2v) is 12.7. The van der Waals surface area contributed by atoms with E-state index in [0.717, 1.165) is 47.2 Å². The molecule has 1 aliphatic heterocycles. The fourth-order valence-electron chi connectivity index (χ4n) is 5.08. The smallest absolute Gasteiger partial charge is 0.261 e. The Morgan fingerprint density at radius 1 is 1.09 bits per heavy atom. The zero-order valence-electron chi connectivity index (χ0n) is 24.0. The van der Waals surface area contributed by atoms with Gasteiger partial charge in [-0.3, -0.25) is 19.3 Å². The van der Waals surface area contributed by atoms with E-state index in [4.69, 9.17) is 21.3 Å². The number of benzene rings is 1. The molecule has 0 saturated carbocycles. The van der Waals surface area contributed by atoms with E-state index < -0.39 is 10.5 Å². The van der Waals surface area contributed by atoms with E-state index in [2.05, 4.69) is 31.5 Å². The molecule has 1 fully saturated rings. The Morgan fingerprint density at radius 2 is 1.88 bits per heavy atom. The van der Waals surface area contributed by atoms with E-state index in [1.165, 1.54) is 0 Å². The molecule has 2 N–H and O–H groups in total. The topological polar surface area (TPSA) is 107 Å². The average molecular weight is 614 g/mol. The summed E-state index contributed by atoms with van der Waals surface area (Å²) in [6.45, 7) is 5.80. The van der Waals surface area contributed by atoms with Crippen molar-refractivity contribution in [3.63, 3.8) is 0 Å². The number of aromatic nitrogens is 5. The lowest BCUT2D eigenvalue weighted by Gasteiger charge is -2.24. The number of rotatable bonds is 8. The number of fused-ring (bicyclic) bond motifs is 1. The number of piperidine rings is 1. The lowest BCUT2D eigenvalue weighted by atomic mass is 10.1. The van der Waals surface area contributed by atoms with Gasteiger partial charge in [0.05, 0.1) is 16.3 Å². The number of nitrogens with one attached hydrogen (secondary N) is 2. The Morgan fingerprint density at radius 3 is 2.58 bits per heavy atom. The summed E-state index contributed by atoms with van der Waals surface area (Å²) in [5.41, 5.74) is 1.91. The van der Waals surface area contributed by atoms with Gasteiger partial charge < -0.3 is 15.4 Å². The summed E-state index contributed by atoms with van der Waals surface area (Å²) in [6.07, 6.45) is 9.26. The highest BCUT2D eigenvalue weighted by Gasteiger charge is 2.19. The third kappa shape index (κ3) is 6.31. The number of anilines is 2. The van der Waals surface area contributed by atoms with Crippen LogP contribution in [0.5, 0.6) is 5.75 Å². The Kier molecular flexibility index (Phi) is 8.51. The van der Waals surface area contributed by atoms with Crippen molar-refractivity contribution in [3.05, 3.63) is 88.7 Å². The van der Waals surface area contributed by atoms with Gasteiger partial charge in [-0.15, -0.1) is 10.5 Å². The van der Waals surface area contributed by atoms with Crippen LogP contribution in [0.4, 0.5) is 11.6 Å². The van der Waals surface area contributed by atoms with Crippen molar-refractivity contribution in [1.29, 1.82) is 0 Å². The molecular formula is C32H32ClN7O2S. The van der Waals surface area contributed by atoms with Gasteiger partial charge in [-0.1, -0.05) is 17.5 Å². The van der Waals surface area contributed by atoms with E-state index in [1.807, 2.05) is 56.3 Å². The normalized spacial score (nSPS) is 15.9. The maximum absolute atomic E-state index is 13.8. The molecule has 5 heterocycles. The Hall–Kier alpha value is -4.12. The van der Waals surface area contributed by atoms with E-state index in [1.54, 1.807) is 35.4 Å². The van der Waals surface area contributed by atoms with Crippen molar-refractivity contribution in [2.75, 3.05) is 18.4 Å². The summed E-state index contributed by atoms with van der Waals surface area (Å²) in [5.74, 6) is 5.50. The molecule has 0 amide bonds. The van der Waals surface area contributed by atoms with Gasteiger partial charge in [-0.2, -0.15) is 4.98 Å². The van der Waals surface area contributed by atoms with Gasteiger partial charge in [0, 0.05) is 58.2 Å².